The minimum Gasteiger partial charge on any atom is -0.250 e. The van der Waals surface area contributed by atoms with Gasteiger partial charge in [-0.2, -0.15) is 5.10 Å². The molecular formula is C6H5N3O. The Morgan fingerprint density at radius 3 is 3.50 bits per heavy atom. The molecule has 0 aliphatic rings. The summed E-state index contributed by atoms with van der Waals surface area (Å²) >= 11 is 0. The van der Waals surface area contributed by atoms with Gasteiger partial charge in [0.15, 0.2) is 5.65 Å². The first kappa shape index (κ1) is 2.57. The van der Waals surface area contributed by atoms with Crippen molar-refractivity contribution in [3.63, 3.8) is 0 Å². The van der Waals surface area contributed by atoms with Gasteiger partial charge in [-0.25, -0.2) is 9.89 Å². The molecule has 4 heteroatoms. The number of fused-ring (bicyclic) bond motifs is 1. The number of aromatic amines is 1. The molecule has 0 spiro atoms. The van der Waals surface area contributed by atoms with Crippen molar-refractivity contribution in [2.75, 3.05) is 0 Å². The first-order valence-electron chi connectivity index (χ1n) is 4.57. The molecule has 0 fully saturated rings. The molecule has 0 bridgehead atoms. The van der Waals surface area contributed by atoms with Gasteiger partial charge in [0, 0.05) is 6.17 Å². The fraction of sp³-hybridized carbons (Fsp3) is 0. The van der Waals surface area contributed by atoms with E-state index in [1.165, 1.54) is 0 Å². The molecule has 2 rings (SSSR count). The predicted octanol–water partition coefficient (Wildman–Crippen LogP) is 0.0226. The quantitative estimate of drug-likeness (QED) is 0.559. The van der Waals surface area contributed by atoms with E-state index in [0.29, 0.717) is 0 Å². The molecule has 10 heavy (non-hydrogen) atoms. The molecule has 4 nitrogen and oxygen atoms in total. The Morgan fingerprint density at radius 2 is 2.60 bits per heavy atom. The van der Waals surface area contributed by atoms with Gasteiger partial charge in [0.1, 0.15) is 0 Å². The number of aromatic nitrogens is 3. The number of nitrogens with one attached hydrogen (secondary N) is 1. The zero-order chi connectivity index (χ0) is 10.5. The van der Waals surface area contributed by atoms with Crippen molar-refractivity contribution in [1.82, 2.24) is 14.6 Å². The highest BCUT2D eigenvalue weighted by molar-refractivity contribution is 5.34. The maximum atomic E-state index is 11.1. The average Bonchev–Trinajstić information content (AvgIpc) is 2.54. The van der Waals surface area contributed by atoms with Crippen LogP contribution in [0.25, 0.3) is 5.65 Å². The summed E-state index contributed by atoms with van der Waals surface area (Å²) in [5.41, 5.74) is -0.770. The van der Waals surface area contributed by atoms with Crippen LogP contribution in [0.3, 0.4) is 0 Å². The molecule has 0 saturated carbocycles. The van der Waals surface area contributed by atoms with Crippen molar-refractivity contribution in [1.29, 1.82) is 0 Å². The number of nitrogens with zero attached hydrogens (tertiary/aromatic N) is 2. The lowest BCUT2D eigenvalue weighted by Crippen LogP contribution is -2.07. The third kappa shape index (κ3) is 0.556. The highest BCUT2D eigenvalue weighted by Gasteiger charge is 1.93. The highest BCUT2D eigenvalue weighted by atomic mass is 16.1. The molecule has 0 amide bonds. The second kappa shape index (κ2) is 1.70. The molecule has 0 unspecified atom stereocenters. The zero-order valence-corrected chi connectivity index (χ0v) is 4.80. The van der Waals surface area contributed by atoms with Gasteiger partial charge in [-0.05, 0) is 12.1 Å². The lowest BCUT2D eigenvalue weighted by molar-refractivity contribution is 1.02. The lowest BCUT2D eigenvalue weighted by Gasteiger charge is -1.84. The normalized spacial score (nSPS) is 16.0. The molecule has 0 aliphatic heterocycles. The first-order valence-corrected chi connectivity index (χ1v) is 2.57. The molecule has 0 saturated heterocycles. The summed E-state index contributed by atoms with van der Waals surface area (Å²) in [6.07, 6.45) is -0.431. The molecule has 2 aromatic rings. The van der Waals surface area contributed by atoms with E-state index in [1.807, 2.05) is 0 Å². The third-order valence-corrected chi connectivity index (χ3v) is 1.08. The van der Waals surface area contributed by atoms with Crippen LogP contribution in [-0.4, -0.2) is 14.6 Å². The molecule has 0 aromatic carbocycles. The van der Waals surface area contributed by atoms with E-state index in [2.05, 4.69) is 10.2 Å². The van der Waals surface area contributed by atoms with E-state index in [4.69, 9.17) is 5.48 Å². The van der Waals surface area contributed by atoms with E-state index < -0.39 is 23.9 Å². The van der Waals surface area contributed by atoms with Crippen molar-refractivity contribution in [3.8, 4) is 0 Å². The Kier molecular flexibility index (Phi) is 0.437. The van der Waals surface area contributed by atoms with Gasteiger partial charge in [-0.15, -0.1) is 0 Å². The molecular weight excluding hydrogens is 130 g/mol. The van der Waals surface area contributed by atoms with Gasteiger partial charge in [-0.3, -0.25) is 4.40 Å². The Bertz CT molecular complexity index is 572. The monoisotopic (exact) mass is 139 g/mol. The Balaban J connectivity index is 3.13. The minimum absolute atomic E-state index is 0.0963. The highest BCUT2D eigenvalue weighted by Crippen LogP contribution is 1.90. The molecule has 2 heterocycles. The maximum Gasteiger partial charge on any atom is 0.347 e. The third-order valence-electron chi connectivity index (χ3n) is 1.08. The summed E-state index contributed by atoms with van der Waals surface area (Å²) in [6, 6.07) is -1.18. The van der Waals surface area contributed by atoms with Crippen LogP contribution in [0.2, 0.25) is 0 Å². The maximum absolute atomic E-state index is 11.1. The van der Waals surface area contributed by atoms with Crippen molar-refractivity contribution >= 4 is 5.65 Å². The lowest BCUT2D eigenvalue weighted by atomic mass is 10.5. The second-order valence-electron chi connectivity index (χ2n) is 1.67. The summed E-state index contributed by atoms with van der Waals surface area (Å²) < 4.78 is 30.2. The largest absolute Gasteiger partial charge is 0.347 e. The van der Waals surface area contributed by atoms with Crippen molar-refractivity contribution in [2.24, 2.45) is 0 Å². The molecule has 0 atom stereocenters. The Hall–Kier alpha value is -1.58. The van der Waals surface area contributed by atoms with E-state index in [0.717, 1.165) is 4.40 Å². The predicted molar refractivity (Wildman–Crippen MR) is 35.8 cm³/mol. The minimum atomic E-state index is -0.674. The van der Waals surface area contributed by atoms with Crippen molar-refractivity contribution in [3.05, 3.63) is 34.8 Å². The number of hydrogen-bond donors (Lipinski definition) is 1. The van der Waals surface area contributed by atoms with Crippen LogP contribution < -0.4 is 5.69 Å². The van der Waals surface area contributed by atoms with Crippen LogP contribution in [0.1, 0.15) is 5.48 Å². The number of hydrogen-bond acceptors (Lipinski definition) is 2. The van der Waals surface area contributed by atoms with Crippen LogP contribution in [0.5, 0.6) is 0 Å². The van der Waals surface area contributed by atoms with Crippen LogP contribution >= 0.6 is 0 Å². The first-order chi connectivity index (χ1) is 6.54. The van der Waals surface area contributed by atoms with Gasteiger partial charge in [-0.1, -0.05) is 6.04 Å². The second-order valence-corrected chi connectivity index (χ2v) is 1.67. The molecule has 50 valence electrons. The topological polar surface area (TPSA) is 50.2 Å². The van der Waals surface area contributed by atoms with Gasteiger partial charge in [0.25, 0.3) is 0 Å². The van der Waals surface area contributed by atoms with Crippen LogP contribution in [0.15, 0.2) is 29.1 Å². The van der Waals surface area contributed by atoms with Gasteiger partial charge < -0.3 is 0 Å². The number of rotatable bonds is 0. The fourth-order valence-electron chi connectivity index (χ4n) is 0.656. The van der Waals surface area contributed by atoms with Gasteiger partial charge in [0.2, 0.25) is 0 Å². The molecule has 0 radical (unpaired) electrons. The summed E-state index contributed by atoms with van der Waals surface area (Å²) in [7, 11) is 0. The summed E-state index contributed by atoms with van der Waals surface area (Å²) in [5, 5.41) is 5.56. The summed E-state index contributed by atoms with van der Waals surface area (Å²) in [6.45, 7) is 0. The van der Waals surface area contributed by atoms with Crippen LogP contribution in [0.4, 0.5) is 0 Å². The number of H-pyrrole nitrogens is 1. The van der Waals surface area contributed by atoms with E-state index in [-0.39, 0.29) is 11.7 Å². The summed E-state index contributed by atoms with van der Waals surface area (Å²) in [5.74, 6) is 0. The van der Waals surface area contributed by atoms with E-state index in [9.17, 15) is 4.79 Å². The fourth-order valence-corrected chi connectivity index (χ4v) is 0.656. The number of pyridine rings is 1. The molecule has 0 aliphatic carbocycles. The zero-order valence-electron chi connectivity index (χ0n) is 8.80. The van der Waals surface area contributed by atoms with E-state index >= 15 is 0 Å². The van der Waals surface area contributed by atoms with Crippen molar-refractivity contribution in [2.45, 2.75) is 0 Å². The smallest absolute Gasteiger partial charge is 0.250 e. The van der Waals surface area contributed by atoms with E-state index in [1.54, 1.807) is 0 Å². The standard InChI is InChI=1S/C6H5N3O/c10-6-8-7-5-3-1-2-4-9(5)6/h1-4H,(H,8,10)/i1D,2D,3D,4D. The average molecular weight is 139 g/mol. The molecule has 1 N–H and O–H groups in total. The Morgan fingerprint density at radius 1 is 1.70 bits per heavy atom. The summed E-state index contributed by atoms with van der Waals surface area (Å²) in [4.78, 5) is 11.1. The Labute approximate surface area is 61.7 Å². The van der Waals surface area contributed by atoms with Crippen LogP contribution in [0, 0.1) is 0 Å². The van der Waals surface area contributed by atoms with Gasteiger partial charge in [0.05, 0.1) is 5.48 Å². The van der Waals surface area contributed by atoms with Crippen LogP contribution in [-0.2, 0) is 0 Å². The SMILES string of the molecule is [2H]c1c([2H])c([2H])n2c(=O)[nH]nc2c1[2H]. The van der Waals surface area contributed by atoms with Crippen molar-refractivity contribution < 1.29 is 5.48 Å². The van der Waals surface area contributed by atoms with Gasteiger partial charge >= 0.3 is 5.69 Å². The molecule has 2 aromatic heterocycles.